The van der Waals surface area contributed by atoms with Gasteiger partial charge in [0.1, 0.15) is 0 Å². The molecule has 0 amide bonds. The maximum atomic E-state index is 12.2. The lowest BCUT2D eigenvalue weighted by Gasteiger charge is -2.30. The molecule has 1 aromatic rings. The lowest BCUT2D eigenvalue weighted by Crippen LogP contribution is -2.47. The molecule has 0 fully saturated rings. The molecule has 1 atom stereocenters. The Hall–Kier alpha value is -0.340. The highest BCUT2D eigenvalue weighted by Crippen LogP contribution is 2.23. The molecule has 0 bridgehead atoms. The number of hydrogen-bond acceptors (Lipinski definition) is 2. The molecule has 0 aliphatic heterocycles. The Labute approximate surface area is 111 Å². The quantitative estimate of drug-likeness (QED) is 0.811. The van der Waals surface area contributed by atoms with E-state index >= 15 is 0 Å². The number of benzene rings is 1. The van der Waals surface area contributed by atoms with Gasteiger partial charge in [-0.15, -0.1) is 0 Å². The molecule has 6 heteroatoms. The van der Waals surface area contributed by atoms with Gasteiger partial charge in [0.25, 0.3) is 0 Å². The number of aliphatic hydroxyl groups is 1. The van der Waals surface area contributed by atoms with Crippen molar-refractivity contribution in [1.29, 1.82) is 0 Å². The van der Waals surface area contributed by atoms with Gasteiger partial charge in [0.2, 0.25) is 0 Å². The van der Waals surface area contributed by atoms with E-state index in [2.05, 4.69) is 27.9 Å². The van der Waals surface area contributed by atoms with Gasteiger partial charge >= 0.3 is 6.18 Å². The van der Waals surface area contributed by atoms with Crippen LogP contribution >= 0.6 is 22.6 Å². The van der Waals surface area contributed by atoms with Crippen LogP contribution in [0.3, 0.4) is 0 Å². The van der Waals surface area contributed by atoms with Crippen molar-refractivity contribution in [3.8, 4) is 0 Å². The van der Waals surface area contributed by atoms with Crippen LogP contribution in [0, 0.1) is 3.57 Å². The average molecular weight is 359 g/mol. The highest BCUT2D eigenvalue weighted by Gasteiger charge is 2.33. The standard InChI is InChI=1S/C11H13F3INO/c1-10(7-17,16-6-11(12,13)14)8-2-4-9(15)5-3-8/h2-5,16-17H,6-7H2,1H3. The lowest BCUT2D eigenvalue weighted by atomic mass is 9.93. The Morgan fingerprint density at radius 1 is 1.24 bits per heavy atom. The van der Waals surface area contributed by atoms with E-state index in [0.29, 0.717) is 5.56 Å². The van der Waals surface area contributed by atoms with Crippen molar-refractivity contribution in [2.45, 2.75) is 18.6 Å². The summed E-state index contributed by atoms with van der Waals surface area (Å²) in [6.07, 6.45) is -4.29. The van der Waals surface area contributed by atoms with E-state index in [1.807, 2.05) is 0 Å². The minimum atomic E-state index is -4.29. The molecule has 2 N–H and O–H groups in total. The maximum Gasteiger partial charge on any atom is 0.401 e. The van der Waals surface area contributed by atoms with Gasteiger partial charge in [-0.1, -0.05) is 12.1 Å². The predicted octanol–water partition coefficient (Wildman–Crippen LogP) is 2.65. The normalized spacial score (nSPS) is 15.6. The Morgan fingerprint density at radius 3 is 2.18 bits per heavy atom. The second kappa shape index (κ2) is 5.53. The lowest BCUT2D eigenvalue weighted by molar-refractivity contribution is -0.129. The van der Waals surface area contributed by atoms with E-state index in [1.165, 1.54) is 0 Å². The van der Waals surface area contributed by atoms with Gasteiger partial charge in [-0.3, -0.25) is 5.32 Å². The van der Waals surface area contributed by atoms with E-state index in [0.717, 1.165) is 3.57 Å². The first kappa shape index (κ1) is 14.7. The first-order chi connectivity index (χ1) is 7.77. The van der Waals surface area contributed by atoms with Crippen LogP contribution in [0.4, 0.5) is 13.2 Å². The van der Waals surface area contributed by atoms with Crippen molar-refractivity contribution in [1.82, 2.24) is 5.32 Å². The fourth-order valence-corrected chi connectivity index (χ4v) is 1.72. The van der Waals surface area contributed by atoms with E-state index in [-0.39, 0.29) is 0 Å². The van der Waals surface area contributed by atoms with Gasteiger partial charge in [-0.2, -0.15) is 13.2 Å². The summed E-state index contributed by atoms with van der Waals surface area (Å²) in [7, 11) is 0. The zero-order chi connectivity index (χ0) is 13.1. The molecule has 0 saturated heterocycles. The Bertz CT molecular complexity index is 366. The Morgan fingerprint density at radius 2 is 1.76 bits per heavy atom. The Balaban J connectivity index is 2.84. The molecule has 2 nitrogen and oxygen atoms in total. The van der Waals surface area contributed by atoms with Gasteiger partial charge in [0.05, 0.1) is 18.7 Å². The maximum absolute atomic E-state index is 12.2. The number of halogens is 4. The van der Waals surface area contributed by atoms with Crippen LogP contribution in [-0.2, 0) is 5.54 Å². The fourth-order valence-electron chi connectivity index (χ4n) is 1.36. The molecule has 1 aromatic carbocycles. The third-order valence-corrected chi connectivity index (χ3v) is 3.20. The van der Waals surface area contributed by atoms with Gasteiger partial charge in [0, 0.05) is 3.57 Å². The molecule has 0 aliphatic rings. The zero-order valence-electron chi connectivity index (χ0n) is 9.18. The summed E-state index contributed by atoms with van der Waals surface area (Å²) in [4.78, 5) is 0. The summed E-state index contributed by atoms with van der Waals surface area (Å²) in [6, 6.07) is 7.00. The topological polar surface area (TPSA) is 32.3 Å². The number of alkyl halides is 3. The smallest absolute Gasteiger partial charge is 0.394 e. The van der Waals surface area contributed by atoms with Crippen LogP contribution in [0.5, 0.6) is 0 Å². The second-order valence-electron chi connectivity index (χ2n) is 3.97. The molecular weight excluding hydrogens is 346 g/mol. The van der Waals surface area contributed by atoms with Crippen molar-refractivity contribution in [3.05, 3.63) is 33.4 Å². The predicted molar refractivity (Wildman–Crippen MR) is 67.7 cm³/mol. The molecule has 0 saturated carbocycles. The van der Waals surface area contributed by atoms with E-state index in [1.54, 1.807) is 31.2 Å². The fraction of sp³-hybridized carbons (Fsp3) is 0.455. The van der Waals surface area contributed by atoms with Crippen LogP contribution in [0.15, 0.2) is 24.3 Å². The van der Waals surface area contributed by atoms with E-state index in [4.69, 9.17) is 0 Å². The highest BCUT2D eigenvalue weighted by molar-refractivity contribution is 14.1. The molecule has 1 unspecified atom stereocenters. The van der Waals surface area contributed by atoms with Crippen molar-refractivity contribution < 1.29 is 18.3 Å². The first-order valence-corrected chi connectivity index (χ1v) is 6.03. The highest BCUT2D eigenvalue weighted by atomic mass is 127. The number of aliphatic hydroxyl groups excluding tert-OH is 1. The monoisotopic (exact) mass is 359 g/mol. The van der Waals surface area contributed by atoms with E-state index < -0.39 is 24.9 Å². The summed E-state index contributed by atoms with van der Waals surface area (Å²) in [5.41, 5.74) is -0.454. The molecule has 1 rings (SSSR count). The summed E-state index contributed by atoms with van der Waals surface area (Å²) in [6.45, 7) is 0.0145. The van der Waals surface area contributed by atoms with Crippen molar-refractivity contribution in [2.75, 3.05) is 13.2 Å². The summed E-state index contributed by atoms with van der Waals surface area (Å²) >= 11 is 2.11. The van der Waals surface area contributed by atoms with Gasteiger partial charge in [-0.05, 0) is 47.2 Å². The molecular formula is C11H13F3INO. The van der Waals surface area contributed by atoms with Crippen molar-refractivity contribution >= 4 is 22.6 Å². The van der Waals surface area contributed by atoms with Gasteiger partial charge in [0.15, 0.2) is 0 Å². The minimum absolute atomic E-state index is 0.399. The third kappa shape index (κ3) is 4.44. The zero-order valence-corrected chi connectivity index (χ0v) is 11.3. The molecule has 17 heavy (non-hydrogen) atoms. The molecule has 0 spiro atoms. The molecule has 0 radical (unpaired) electrons. The van der Waals surface area contributed by atoms with Crippen LogP contribution in [0.1, 0.15) is 12.5 Å². The van der Waals surface area contributed by atoms with Gasteiger partial charge in [-0.25, -0.2) is 0 Å². The summed E-state index contributed by atoms with van der Waals surface area (Å²) in [5, 5.41) is 11.6. The Kier molecular flexibility index (Phi) is 4.79. The van der Waals surface area contributed by atoms with Crippen molar-refractivity contribution in [3.63, 3.8) is 0 Å². The number of hydrogen-bond donors (Lipinski definition) is 2. The molecule has 0 aliphatic carbocycles. The summed E-state index contributed by atoms with van der Waals surface area (Å²) in [5.74, 6) is 0. The van der Waals surface area contributed by atoms with Crippen LogP contribution < -0.4 is 5.32 Å². The third-order valence-electron chi connectivity index (χ3n) is 2.48. The largest absolute Gasteiger partial charge is 0.401 e. The summed E-state index contributed by atoms with van der Waals surface area (Å²) < 4.78 is 37.5. The van der Waals surface area contributed by atoms with Crippen LogP contribution in [0.2, 0.25) is 0 Å². The number of nitrogens with one attached hydrogen (secondary N) is 1. The van der Waals surface area contributed by atoms with Crippen LogP contribution in [-0.4, -0.2) is 24.4 Å². The van der Waals surface area contributed by atoms with Crippen molar-refractivity contribution in [2.24, 2.45) is 0 Å². The molecule has 0 heterocycles. The number of rotatable bonds is 4. The molecule has 96 valence electrons. The van der Waals surface area contributed by atoms with Gasteiger partial charge < -0.3 is 5.11 Å². The van der Waals surface area contributed by atoms with E-state index in [9.17, 15) is 18.3 Å². The van der Waals surface area contributed by atoms with Crippen LogP contribution in [0.25, 0.3) is 0 Å². The first-order valence-electron chi connectivity index (χ1n) is 4.95. The SMILES string of the molecule is CC(CO)(NCC(F)(F)F)c1ccc(I)cc1. The minimum Gasteiger partial charge on any atom is -0.394 e. The second-order valence-corrected chi connectivity index (χ2v) is 5.21. The average Bonchev–Trinajstić information content (AvgIpc) is 2.26. The molecule has 0 aromatic heterocycles.